The lowest BCUT2D eigenvalue weighted by Gasteiger charge is -2.17. The summed E-state index contributed by atoms with van der Waals surface area (Å²) in [5.74, 6) is 0. The van der Waals surface area contributed by atoms with Crippen LogP contribution in [0.4, 0.5) is 0 Å². The molecule has 0 saturated carbocycles. The fourth-order valence-corrected chi connectivity index (χ4v) is 4.31. The summed E-state index contributed by atoms with van der Waals surface area (Å²) < 4.78 is 2.43. The first kappa shape index (κ1) is 23.3. The van der Waals surface area contributed by atoms with E-state index in [2.05, 4.69) is 89.3 Å². The van der Waals surface area contributed by atoms with Gasteiger partial charge >= 0.3 is 0 Å². The Kier molecular flexibility index (Phi) is 8.47. The molecule has 0 amide bonds. The van der Waals surface area contributed by atoms with Crippen LogP contribution in [0.2, 0.25) is 0 Å². The number of benzene rings is 2. The Morgan fingerprint density at radius 1 is 0.903 bits per heavy atom. The molecule has 31 heavy (non-hydrogen) atoms. The Labute approximate surface area is 191 Å². The zero-order valence-electron chi connectivity index (χ0n) is 18.6. The van der Waals surface area contributed by atoms with Crippen LogP contribution in [0, 0.1) is 0 Å². The Bertz CT molecular complexity index is 1090. The zero-order valence-corrected chi connectivity index (χ0v) is 19.4. The summed E-state index contributed by atoms with van der Waals surface area (Å²) in [6.07, 6.45) is 3.11. The molecule has 0 unspecified atom stereocenters. The molecule has 2 aromatic heterocycles. The number of rotatable bonds is 10. The van der Waals surface area contributed by atoms with Gasteiger partial charge in [-0.05, 0) is 50.3 Å². The number of hydrogen-bond donors (Lipinski definition) is 1. The topological polar surface area (TPSA) is 33.1 Å². The molecule has 0 aliphatic carbocycles. The lowest BCUT2D eigenvalue weighted by Crippen LogP contribution is -2.27. The van der Waals surface area contributed by atoms with Crippen molar-refractivity contribution in [3.8, 4) is 0 Å². The molecule has 5 heteroatoms. The maximum Gasteiger partial charge on any atom is 0.0784 e. The van der Waals surface area contributed by atoms with Gasteiger partial charge in [-0.3, -0.25) is 4.98 Å². The van der Waals surface area contributed by atoms with Crippen LogP contribution in [-0.2, 0) is 13.1 Å². The lowest BCUT2D eigenvalue weighted by atomic mass is 10.1. The van der Waals surface area contributed by atoms with Crippen LogP contribution < -0.4 is 5.32 Å². The lowest BCUT2D eigenvalue weighted by molar-refractivity contribution is 0.298. The van der Waals surface area contributed by atoms with Gasteiger partial charge in [0.05, 0.1) is 11.2 Å². The fourth-order valence-electron chi connectivity index (χ4n) is 4.31. The molecule has 164 valence electrons. The Morgan fingerprint density at radius 2 is 1.65 bits per heavy atom. The third-order valence-corrected chi connectivity index (χ3v) is 5.95. The van der Waals surface area contributed by atoms with E-state index in [1.807, 2.05) is 6.20 Å². The second-order valence-electron chi connectivity index (χ2n) is 7.80. The van der Waals surface area contributed by atoms with E-state index in [9.17, 15) is 0 Å². The minimum atomic E-state index is 0. The SMILES string of the molecule is CCN(CC)CCCNCc1nccc2c3ccccc3n(Cc3ccccc3)c12.Cl. The Hall–Kier alpha value is -2.40. The summed E-state index contributed by atoms with van der Waals surface area (Å²) in [7, 11) is 0. The monoisotopic (exact) mass is 436 g/mol. The molecule has 0 radical (unpaired) electrons. The van der Waals surface area contributed by atoms with Crippen molar-refractivity contribution in [2.24, 2.45) is 0 Å². The summed E-state index contributed by atoms with van der Waals surface area (Å²) in [6, 6.07) is 21.5. The average molecular weight is 437 g/mol. The van der Waals surface area contributed by atoms with Crippen molar-refractivity contribution in [2.45, 2.75) is 33.4 Å². The largest absolute Gasteiger partial charge is 0.334 e. The number of halogens is 1. The van der Waals surface area contributed by atoms with Crippen molar-refractivity contribution < 1.29 is 0 Å². The van der Waals surface area contributed by atoms with Gasteiger partial charge in [-0.1, -0.05) is 62.4 Å². The minimum Gasteiger partial charge on any atom is -0.334 e. The van der Waals surface area contributed by atoms with Crippen LogP contribution in [0.1, 0.15) is 31.5 Å². The van der Waals surface area contributed by atoms with E-state index in [4.69, 9.17) is 4.98 Å². The van der Waals surface area contributed by atoms with Gasteiger partial charge in [-0.2, -0.15) is 0 Å². The van der Waals surface area contributed by atoms with E-state index < -0.39 is 0 Å². The normalized spacial score (nSPS) is 11.3. The number of nitrogens with zero attached hydrogens (tertiary/aromatic N) is 3. The van der Waals surface area contributed by atoms with Crippen molar-refractivity contribution >= 4 is 34.2 Å². The molecule has 4 nitrogen and oxygen atoms in total. The van der Waals surface area contributed by atoms with Crippen molar-refractivity contribution in [1.29, 1.82) is 0 Å². The number of pyridine rings is 1. The quantitative estimate of drug-likeness (QED) is 0.334. The highest BCUT2D eigenvalue weighted by Crippen LogP contribution is 2.31. The van der Waals surface area contributed by atoms with E-state index in [-0.39, 0.29) is 12.4 Å². The van der Waals surface area contributed by atoms with Gasteiger partial charge in [0.1, 0.15) is 0 Å². The molecule has 0 bridgehead atoms. The van der Waals surface area contributed by atoms with Crippen LogP contribution in [0.5, 0.6) is 0 Å². The molecule has 0 fully saturated rings. The van der Waals surface area contributed by atoms with Gasteiger partial charge in [0.15, 0.2) is 0 Å². The van der Waals surface area contributed by atoms with Gasteiger partial charge in [0.2, 0.25) is 0 Å². The molecule has 0 spiro atoms. The van der Waals surface area contributed by atoms with E-state index in [0.29, 0.717) is 0 Å². The standard InChI is InChI=1S/C26H32N4.ClH/c1-3-29(4-2)18-10-16-27-19-24-26-23(15-17-28-24)22-13-8-9-14-25(22)30(26)20-21-11-6-5-7-12-21;/h5-9,11-15,17,27H,3-4,10,16,18-20H2,1-2H3;1H. The molecular formula is C26H33ClN4. The summed E-state index contributed by atoms with van der Waals surface area (Å²) in [5, 5.41) is 6.22. The van der Waals surface area contributed by atoms with Gasteiger partial charge in [-0.15, -0.1) is 12.4 Å². The van der Waals surface area contributed by atoms with E-state index in [1.165, 1.54) is 27.4 Å². The summed E-state index contributed by atoms with van der Waals surface area (Å²) in [5.41, 5.74) is 4.95. The van der Waals surface area contributed by atoms with Crippen molar-refractivity contribution in [1.82, 2.24) is 19.8 Å². The molecule has 2 aromatic carbocycles. The maximum atomic E-state index is 4.78. The predicted octanol–water partition coefficient (Wildman–Crippen LogP) is 5.48. The third kappa shape index (κ3) is 5.27. The first-order valence-corrected chi connectivity index (χ1v) is 11.1. The molecular weight excluding hydrogens is 404 g/mol. The second kappa shape index (κ2) is 11.3. The Balaban J connectivity index is 0.00000272. The van der Waals surface area contributed by atoms with Crippen molar-refractivity contribution in [3.05, 3.63) is 78.1 Å². The molecule has 2 heterocycles. The highest BCUT2D eigenvalue weighted by atomic mass is 35.5. The maximum absolute atomic E-state index is 4.78. The smallest absolute Gasteiger partial charge is 0.0784 e. The molecule has 1 N–H and O–H groups in total. The van der Waals surface area contributed by atoms with E-state index >= 15 is 0 Å². The molecule has 0 aliphatic rings. The third-order valence-electron chi connectivity index (χ3n) is 5.95. The van der Waals surface area contributed by atoms with Crippen LogP contribution in [0.25, 0.3) is 21.8 Å². The zero-order chi connectivity index (χ0) is 20.8. The van der Waals surface area contributed by atoms with Crippen LogP contribution in [-0.4, -0.2) is 40.6 Å². The minimum absolute atomic E-state index is 0. The first-order valence-electron chi connectivity index (χ1n) is 11.1. The highest BCUT2D eigenvalue weighted by molar-refractivity contribution is 6.08. The van der Waals surface area contributed by atoms with E-state index in [0.717, 1.165) is 51.4 Å². The number of aromatic nitrogens is 2. The summed E-state index contributed by atoms with van der Waals surface area (Å²) in [6.45, 7) is 10.5. The highest BCUT2D eigenvalue weighted by Gasteiger charge is 2.14. The van der Waals surface area contributed by atoms with Gasteiger partial charge in [0.25, 0.3) is 0 Å². The molecule has 0 atom stereocenters. The van der Waals surface area contributed by atoms with Gasteiger partial charge < -0.3 is 14.8 Å². The first-order chi connectivity index (χ1) is 14.8. The molecule has 0 aliphatic heterocycles. The second-order valence-corrected chi connectivity index (χ2v) is 7.80. The molecule has 0 saturated heterocycles. The number of hydrogen-bond acceptors (Lipinski definition) is 3. The summed E-state index contributed by atoms with van der Waals surface area (Å²) >= 11 is 0. The molecule has 4 rings (SSSR count). The van der Waals surface area contributed by atoms with E-state index in [1.54, 1.807) is 0 Å². The van der Waals surface area contributed by atoms with Gasteiger partial charge in [-0.25, -0.2) is 0 Å². The number of fused-ring (bicyclic) bond motifs is 3. The number of nitrogens with one attached hydrogen (secondary N) is 1. The van der Waals surface area contributed by atoms with Crippen molar-refractivity contribution in [3.63, 3.8) is 0 Å². The predicted molar refractivity (Wildman–Crippen MR) is 134 cm³/mol. The van der Waals surface area contributed by atoms with Crippen LogP contribution in [0.3, 0.4) is 0 Å². The molecule has 4 aromatic rings. The van der Waals surface area contributed by atoms with Crippen molar-refractivity contribution in [2.75, 3.05) is 26.2 Å². The van der Waals surface area contributed by atoms with Crippen LogP contribution >= 0.6 is 12.4 Å². The number of para-hydroxylation sites is 1. The van der Waals surface area contributed by atoms with Crippen LogP contribution in [0.15, 0.2) is 66.9 Å². The summed E-state index contributed by atoms with van der Waals surface area (Å²) in [4.78, 5) is 7.25. The fraction of sp³-hybridized carbons (Fsp3) is 0.346. The van der Waals surface area contributed by atoms with Gasteiger partial charge in [0, 0.05) is 35.6 Å². The Morgan fingerprint density at radius 3 is 2.42 bits per heavy atom. The average Bonchev–Trinajstić information content (AvgIpc) is 3.11.